The van der Waals surface area contributed by atoms with E-state index in [4.69, 9.17) is 4.74 Å². The first-order valence-electron chi connectivity index (χ1n) is 7.87. The number of piperidine rings is 1. The van der Waals surface area contributed by atoms with Gasteiger partial charge in [0.25, 0.3) is 0 Å². The Morgan fingerprint density at radius 2 is 2.32 bits per heavy atom. The molecule has 0 spiro atoms. The van der Waals surface area contributed by atoms with Gasteiger partial charge >= 0.3 is 6.09 Å². The van der Waals surface area contributed by atoms with E-state index >= 15 is 0 Å². The molecule has 124 valence electrons. The van der Waals surface area contributed by atoms with E-state index < -0.39 is 5.60 Å². The van der Waals surface area contributed by atoms with Crippen LogP contribution in [0.2, 0.25) is 0 Å². The van der Waals surface area contributed by atoms with E-state index in [1.165, 1.54) is 11.3 Å². The number of ether oxygens (including phenoxy) is 1. The number of aromatic nitrogens is 1. The summed E-state index contributed by atoms with van der Waals surface area (Å²) >= 11 is 1.69. The first-order valence-corrected chi connectivity index (χ1v) is 8.75. The van der Waals surface area contributed by atoms with Crippen LogP contribution in [0.15, 0.2) is 11.7 Å². The maximum atomic E-state index is 12.2. The van der Waals surface area contributed by atoms with Gasteiger partial charge in [-0.05, 0) is 46.6 Å². The fraction of sp³-hybridized carbons (Fsp3) is 0.750. The van der Waals surface area contributed by atoms with Crippen LogP contribution in [-0.4, -0.2) is 53.2 Å². The molecule has 5 nitrogen and oxygen atoms in total. The van der Waals surface area contributed by atoms with Crippen LogP contribution < -0.4 is 0 Å². The quantitative estimate of drug-likeness (QED) is 0.853. The molecule has 0 bridgehead atoms. The lowest BCUT2D eigenvalue weighted by Crippen LogP contribution is -2.45. The van der Waals surface area contributed by atoms with Crippen LogP contribution in [0.3, 0.4) is 0 Å². The first kappa shape index (κ1) is 17.2. The maximum Gasteiger partial charge on any atom is 0.410 e. The van der Waals surface area contributed by atoms with Gasteiger partial charge in [0.15, 0.2) is 0 Å². The highest BCUT2D eigenvalue weighted by Gasteiger charge is 2.28. The molecule has 1 atom stereocenters. The minimum absolute atomic E-state index is 0.178. The average Bonchev–Trinajstić information content (AvgIpc) is 2.89. The average molecular weight is 325 g/mol. The predicted molar refractivity (Wildman–Crippen MR) is 89.0 cm³/mol. The van der Waals surface area contributed by atoms with Crippen LogP contribution in [0.4, 0.5) is 4.79 Å². The number of carbonyl (C=O) groups is 1. The number of likely N-dealkylation sites (tertiary alicyclic amines) is 1. The molecule has 0 saturated carbocycles. The van der Waals surface area contributed by atoms with Gasteiger partial charge in [-0.25, -0.2) is 4.79 Å². The summed E-state index contributed by atoms with van der Waals surface area (Å²) in [4.78, 5) is 21.8. The molecule has 0 aliphatic carbocycles. The second-order valence-electron chi connectivity index (χ2n) is 7.10. The summed E-state index contributed by atoms with van der Waals surface area (Å²) in [6.45, 7) is 9.26. The van der Waals surface area contributed by atoms with Crippen molar-refractivity contribution in [3.8, 4) is 0 Å². The third kappa shape index (κ3) is 5.57. The van der Waals surface area contributed by atoms with E-state index in [-0.39, 0.29) is 6.09 Å². The van der Waals surface area contributed by atoms with Crippen LogP contribution in [0, 0.1) is 5.92 Å². The summed E-state index contributed by atoms with van der Waals surface area (Å²) in [6.07, 6.45) is 3.97. The summed E-state index contributed by atoms with van der Waals surface area (Å²) in [6, 6.07) is 0. The first-order chi connectivity index (χ1) is 10.3. The number of hydrogen-bond donors (Lipinski definition) is 0. The highest BCUT2D eigenvalue weighted by atomic mass is 32.1. The molecule has 2 heterocycles. The van der Waals surface area contributed by atoms with E-state index in [0.717, 1.165) is 32.6 Å². The lowest BCUT2D eigenvalue weighted by Gasteiger charge is -2.35. The van der Waals surface area contributed by atoms with Gasteiger partial charge in [0.05, 0.1) is 5.51 Å². The summed E-state index contributed by atoms with van der Waals surface area (Å²) in [5.74, 6) is 0.513. The van der Waals surface area contributed by atoms with Crippen molar-refractivity contribution in [1.82, 2.24) is 14.8 Å². The van der Waals surface area contributed by atoms with Crippen LogP contribution in [-0.2, 0) is 11.3 Å². The highest BCUT2D eigenvalue weighted by molar-refractivity contribution is 7.09. The largest absolute Gasteiger partial charge is 0.444 e. The fourth-order valence-electron chi connectivity index (χ4n) is 2.80. The van der Waals surface area contributed by atoms with E-state index in [1.54, 1.807) is 11.3 Å². The Kier molecular flexibility index (Phi) is 5.81. The molecule has 22 heavy (non-hydrogen) atoms. The monoisotopic (exact) mass is 325 g/mol. The molecule has 6 heteroatoms. The number of thiazole rings is 1. The Morgan fingerprint density at radius 1 is 1.55 bits per heavy atom. The molecule has 0 radical (unpaired) electrons. The molecule has 1 amide bonds. The number of carbonyl (C=O) groups excluding carboxylic acids is 1. The predicted octanol–water partition coefficient (Wildman–Crippen LogP) is 3.22. The highest BCUT2D eigenvalue weighted by Crippen LogP contribution is 2.21. The number of rotatable bonds is 4. The van der Waals surface area contributed by atoms with Crippen LogP contribution >= 0.6 is 11.3 Å². The van der Waals surface area contributed by atoms with E-state index in [0.29, 0.717) is 5.92 Å². The van der Waals surface area contributed by atoms with Gasteiger partial charge in [-0.15, -0.1) is 11.3 Å². The Morgan fingerprint density at radius 3 is 2.95 bits per heavy atom. The van der Waals surface area contributed by atoms with Gasteiger partial charge in [-0.2, -0.15) is 0 Å². The Hall–Kier alpha value is -1.14. The number of hydrogen-bond acceptors (Lipinski definition) is 5. The Labute approximate surface area is 137 Å². The summed E-state index contributed by atoms with van der Waals surface area (Å²) in [5.41, 5.74) is 1.45. The number of amides is 1. The zero-order valence-corrected chi connectivity index (χ0v) is 14.9. The van der Waals surface area contributed by atoms with E-state index in [2.05, 4.69) is 16.9 Å². The minimum Gasteiger partial charge on any atom is -0.444 e. The summed E-state index contributed by atoms with van der Waals surface area (Å²) in [5, 5.41) is 0. The van der Waals surface area contributed by atoms with Crippen molar-refractivity contribution in [2.45, 2.75) is 45.8 Å². The smallest absolute Gasteiger partial charge is 0.410 e. The van der Waals surface area contributed by atoms with Crippen LogP contribution in [0.1, 0.15) is 38.5 Å². The molecule has 0 unspecified atom stereocenters. The van der Waals surface area contributed by atoms with Crippen molar-refractivity contribution < 1.29 is 9.53 Å². The van der Waals surface area contributed by atoms with Gasteiger partial charge < -0.3 is 14.5 Å². The molecule has 0 aromatic carbocycles. The van der Waals surface area contributed by atoms with Crippen molar-refractivity contribution in [1.29, 1.82) is 0 Å². The Bertz CT molecular complexity index is 470. The minimum atomic E-state index is -0.424. The standard InChI is InChI=1S/C16H27N3O2S/c1-16(2,3)21-15(20)19-7-5-6-13(10-19)9-18(4)11-14-8-17-12-22-14/h8,12-13H,5-7,9-11H2,1-4H3/t13-/m0/s1. The van der Waals surface area contributed by atoms with Crippen molar-refractivity contribution in [2.75, 3.05) is 26.7 Å². The molecule has 1 fully saturated rings. The molecule has 1 aliphatic heterocycles. The molecular formula is C16H27N3O2S. The van der Waals surface area contributed by atoms with Gasteiger partial charge in [0.2, 0.25) is 0 Å². The Balaban J connectivity index is 1.81. The third-order valence-electron chi connectivity index (χ3n) is 3.65. The lowest BCUT2D eigenvalue weighted by molar-refractivity contribution is 0.0148. The van der Waals surface area contributed by atoms with Crippen molar-refractivity contribution in [2.24, 2.45) is 5.92 Å². The fourth-order valence-corrected chi connectivity index (χ4v) is 3.47. The molecule has 2 rings (SSSR count). The lowest BCUT2D eigenvalue weighted by atomic mass is 9.98. The molecule has 1 aromatic rings. The maximum absolute atomic E-state index is 12.2. The van der Waals surface area contributed by atoms with Gasteiger partial charge in [-0.3, -0.25) is 4.98 Å². The topological polar surface area (TPSA) is 45.7 Å². The molecule has 0 N–H and O–H groups in total. The van der Waals surface area contributed by atoms with E-state index in [9.17, 15) is 4.79 Å². The number of nitrogens with zero attached hydrogens (tertiary/aromatic N) is 3. The van der Waals surface area contributed by atoms with Gasteiger partial charge in [0.1, 0.15) is 5.60 Å². The molecule has 1 saturated heterocycles. The molecule has 1 aliphatic rings. The SMILES string of the molecule is CN(Cc1cncs1)C[C@@H]1CCCN(C(=O)OC(C)(C)C)C1. The molecule has 1 aromatic heterocycles. The van der Waals surface area contributed by atoms with Crippen molar-refractivity contribution in [3.05, 3.63) is 16.6 Å². The zero-order chi connectivity index (χ0) is 16.2. The van der Waals surface area contributed by atoms with Gasteiger partial charge in [0, 0.05) is 37.3 Å². The van der Waals surface area contributed by atoms with E-state index in [1.807, 2.05) is 37.4 Å². The van der Waals surface area contributed by atoms with Crippen molar-refractivity contribution >= 4 is 17.4 Å². The van der Waals surface area contributed by atoms with Crippen LogP contribution in [0.5, 0.6) is 0 Å². The zero-order valence-electron chi connectivity index (χ0n) is 14.0. The van der Waals surface area contributed by atoms with Crippen molar-refractivity contribution in [3.63, 3.8) is 0 Å². The second kappa shape index (κ2) is 7.42. The second-order valence-corrected chi connectivity index (χ2v) is 8.07. The molecular weight excluding hydrogens is 298 g/mol. The summed E-state index contributed by atoms with van der Waals surface area (Å²) in [7, 11) is 2.13. The van der Waals surface area contributed by atoms with Gasteiger partial charge in [-0.1, -0.05) is 0 Å². The third-order valence-corrected chi connectivity index (χ3v) is 4.41. The normalized spacial score (nSPS) is 19.5. The van der Waals surface area contributed by atoms with Crippen LogP contribution in [0.25, 0.3) is 0 Å². The summed E-state index contributed by atoms with van der Waals surface area (Å²) < 4.78 is 5.48.